The van der Waals surface area contributed by atoms with E-state index in [0.29, 0.717) is 6.42 Å². The summed E-state index contributed by atoms with van der Waals surface area (Å²) in [5, 5.41) is 17.2. The molecule has 0 aliphatic heterocycles. The third-order valence-electron chi connectivity index (χ3n) is 2.26. The quantitative estimate of drug-likeness (QED) is 0.625. The highest BCUT2D eigenvalue weighted by Crippen LogP contribution is 2.10. The Hall–Kier alpha value is -0.660. The Bertz CT molecular complexity index is 326. The van der Waals surface area contributed by atoms with E-state index in [0.717, 1.165) is 0 Å². The molecule has 0 saturated heterocycles. The average molecular weight is 267 g/mol. The Kier molecular flexibility index (Phi) is 7.33. The lowest BCUT2D eigenvalue weighted by Gasteiger charge is -2.25. The van der Waals surface area contributed by atoms with E-state index in [-0.39, 0.29) is 37.8 Å². The monoisotopic (exact) mass is 267 g/mol. The Morgan fingerprint density at radius 2 is 1.88 bits per heavy atom. The fourth-order valence-electron chi connectivity index (χ4n) is 1.47. The molecule has 2 N–H and O–H groups in total. The van der Waals surface area contributed by atoms with Crippen LogP contribution in [0.2, 0.25) is 0 Å². The van der Waals surface area contributed by atoms with Crippen LogP contribution in [0.3, 0.4) is 0 Å². The Labute approximate surface area is 102 Å². The standard InChI is InChI=1S/C10H21NO5S/c1-9(2)11(6-4-7-12)17(15,16)8-3-5-10(13)14/h9,12H,3-8H2,1-2H3,(H,13,14). The van der Waals surface area contributed by atoms with Gasteiger partial charge in [0.2, 0.25) is 10.0 Å². The molecule has 0 atom stereocenters. The summed E-state index contributed by atoms with van der Waals surface area (Å²) in [4.78, 5) is 10.3. The summed E-state index contributed by atoms with van der Waals surface area (Å²) in [6.07, 6.45) is 0.349. The molecule has 0 aromatic heterocycles. The molecule has 7 heteroatoms. The summed E-state index contributed by atoms with van der Waals surface area (Å²) in [6, 6.07) is -0.184. The molecule has 0 spiro atoms. The summed E-state index contributed by atoms with van der Waals surface area (Å²) >= 11 is 0. The first kappa shape index (κ1) is 16.3. The fraction of sp³-hybridized carbons (Fsp3) is 0.900. The zero-order valence-electron chi connectivity index (χ0n) is 10.3. The van der Waals surface area contributed by atoms with E-state index < -0.39 is 16.0 Å². The number of hydrogen-bond donors (Lipinski definition) is 2. The SMILES string of the molecule is CC(C)N(CCCO)S(=O)(=O)CCCC(=O)O. The predicted octanol–water partition coefficient (Wildman–Crippen LogP) is 0.274. The molecule has 17 heavy (non-hydrogen) atoms. The number of aliphatic carboxylic acids is 1. The van der Waals surface area contributed by atoms with Crippen LogP contribution in [-0.4, -0.2) is 53.9 Å². The van der Waals surface area contributed by atoms with Crippen LogP contribution in [0, 0.1) is 0 Å². The van der Waals surface area contributed by atoms with Crippen LogP contribution in [0.25, 0.3) is 0 Å². The van der Waals surface area contributed by atoms with Crippen LogP contribution in [0.15, 0.2) is 0 Å². The summed E-state index contributed by atoms with van der Waals surface area (Å²) < 4.78 is 25.1. The van der Waals surface area contributed by atoms with Crippen LogP contribution in [-0.2, 0) is 14.8 Å². The van der Waals surface area contributed by atoms with Gasteiger partial charge < -0.3 is 10.2 Å². The molecule has 0 radical (unpaired) electrons. The zero-order valence-corrected chi connectivity index (χ0v) is 11.1. The minimum Gasteiger partial charge on any atom is -0.481 e. The molecule has 0 saturated carbocycles. The lowest BCUT2D eigenvalue weighted by Crippen LogP contribution is -2.39. The largest absolute Gasteiger partial charge is 0.481 e. The van der Waals surface area contributed by atoms with Crippen molar-refractivity contribution in [1.82, 2.24) is 4.31 Å². The molecule has 0 aromatic carbocycles. The summed E-state index contributed by atoms with van der Waals surface area (Å²) in [6.45, 7) is 3.72. The number of carbonyl (C=O) groups is 1. The number of hydrogen-bond acceptors (Lipinski definition) is 4. The number of carboxylic acid groups (broad SMARTS) is 1. The molecular weight excluding hydrogens is 246 g/mol. The van der Waals surface area contributed by atoms with E-state index in [1.807, 2.05) is 0 Å². The van der Waals surface area contributed by atoms with Gasteiger partial charge >= 0.3 is 5.97 Å². The first-order chi connectivity index (χ1) is 7.81. The predicted molar refractivity (Wildman–Crippen MR) is 64.2 cm³/mol. The molecule has 0 rings (SSSR count). The Morgan fingerprint density at radius 3 is 2.29 bits per heavy atom. The van der Waals surface area contributed by atoms with Crippen molar-refractivity contribution >= 4 is 16.0 Å². The van der Waals surface area contributed by atoms with Gasteiger partial charge in [0.15, 0.2) is 0 Å². The van der Waals surface area contributed by atoms with Crippen LogP contribution in [0.5, 0.6) is 0 Å². The van der Waals surface area contributed by atoms with Crippen molar-refractivity contribution in [3.8, 4) is 0 Å². The Morgan fingerprint density at radius 1 is 1.29 bits per heavy atom. The first-order valence-electron chi connectivity index (χ1n) is 5.63. The average Bonchev–Trinajstić information content (AvgIpc) is 2.16. The van der Waals surface area contributed by atoms with E-state index in [1.165, 1.54) is 4.31 Å². The summed E-state index contributed by atoms with van der Waals surface area (Å²) in [5.41, 5.74) is 0. The number of sulfonamides is 1. The first-order valence-corrected chi connectivity index (χ1v) is 7.24. The molecule has 0 unspecified atom stereocenters. The molecule has 0 bridgehead atoms. The topological polar surface area (TPSA) is 94.9 Å². The molecule has 6 nitrogen and oxygen atoms in total. The second-order valence-electron chi connectivity index (χ2n) is 4.09. The second kappa shape index (κ2) is 7.62. The van der Waals surface area contributed by atoms with E-state index in [1.54, 1.807) is 13.8 Å². The van der Waals surface area contributed by atoms with Crippen LogP contribution in [0.1, 0.15) is 33.1 Å². The molecule has 0 aliphatic rings. The maximum atomic E-state index is 11.9. The van der Waals surface area contributed by atoms with E-state index in [9.17, 15) is 13.2 Å². The van der Waals surface area contributed by atoms with Gasteiger partial charge in [-0.15, -0.1) is 0 Å². The van der Waals surface area contributed by atoms with Crippen LogP contribution >= 0.6 is 0 Å². The minimum atomic E-state index is -3.43. The normalized spacial score (nSPS) is 12.3. The summed E-state index contributed by atoms with van der Waals surface area (Å²) in [7, 11) is -3.43. The van der Waals surface area contributed by atoms with Gasteiger partial charge in [-0.2, -0.15) is 4.31 Å². The van der Waals surface area contributed by atoms with Crippen molar-refractivity contribution < 1.29 is 23.4 Å². The molecule has 0 aromatic rings. The van der Waals surface area contributed by atoms with Crippen molar-refractivity contribution in [2.24, 2.45) is 0 Å². The molecular formula is C10H21NO5S. The molecule has 0 heterocycles. The van der Waals surface area contributed by atoms with Crippen LogP contribution in [0.4, 0.5) is 0 Å². The second-order valence-corrected chi connectivity index (χ2v) is 6.14. The third-order valence-corrected chi connectivity index (χ3v) is 4.39. The molecule has 0 fully saturated rings. The van der Waals surface area contributed by atoms with Crippen molar-refractivity contribution in [2.75, 3.05) is 18.9 Å². The molecule has 0 amide bonds. The zero-order chi connectivity index (χ0) is 13.5. The number of aliphatic hydroxyl groups is 1. The highest BCUT2D eigenvalue weighted by molar-refractivity contribution is 7.89. The lowest BCUT2D eigenvalue weighted by atomic mass is 10.3. The fourth-order valence-corrected chi connectivity index (χ4v) is 3.26. The van der Waals surface area contributed by atoms with Crippen molar-refractivity contribution in [3.05, 3.63) is 0 Å². The van der Waals surface area contributed by atoms with Gasteiger partial charge in [0.1, 0.15) is 0 Å². The lowest BCUT2D eigenvalue weighted by molar-refractivity contribution is -0.137. The van der Waals surface area contributed by atoms with Crippen molar-refractivity contribution in [2.45, 2.75) is 39.2 Å². The third kappa shape index (κ3) is 6.60. The van der Waals surface area contributed by atoms with Gasteiger partial charge in [-0.05, 0) is 26.7 Å². The molecule has 102 valence electrons. The highest BCUT2D eigenvalue weighted by atomic mass is 32.2. The number of nitrogens with zero attached hydrogens (tertiary/aromatic N) is 1. The molecule has 0 aliphatic carbocycles. The van der Waals surface area contributed by atoms with E-state index in [2.05, 4.69) is 0 Å². The van der Waals surface area contributed by atoms with E-state index in [4.69, 9.17) is 10.2 Å². The maximum Gasteiger partial charge on any atom is 0.303 e. The van der Waals surface area contributed by atoms with Crippen LogP contribution < -0.4 is 0 Å². The van der Waals surface area contributed by atoms with Gasteiger partial charge in [0.05, 0.1) is 5.75 Å². The van der Waals surface area contributed by atoms with Gasteiger partial charge in [-0.25, -0.2) is 8.42 Å². The van der Waals surface area contributed by atoms with Crippen molar-refractivity contribution in [1.29, 1.82) is 0 Å². The Balaban J connectivity index is 4.44. The van der Waals surface area contributed by atoms with Gasteiger partial charge in [-0.3, -0.25) is 4.79 Å². The number of carboxylic acids is 1. The van der Waals surface area contributed by atoms with E-state index >= 15 is 0 Å². The number of rotatable bonds is 9. The highest BCUT2D eigenvalue weighted by Gasteiger charge is 2.24. The van der Waals surface area contributed by atoms with Crippen molar-refractivity contribution in [3.63, 3.8) is 0 Å². The minimum absolute atomic E-state index is 0.0616. The van der Waals surface area contributed by atoms with Gasteiger partial charge in [0, 0.05) is 25.6 Å². The smallest absolute Gasteiger partial charge is 0.303 e. The van der Waals surface area contributed by atoms with Gasteiger partial charge in [0.25, 0.3) is 0 Å². The maximum absolute atomic E-state index is 11.9. The number of aliphatic hydroxyl groups excluding tert-OH is 1. The van der Waals surface area contributed by atoms with Gasteiger partial charge in [-0.1, -0.05) is 0 Å². The summed E-state index contributed by atoms with van der Waals surface area (Å²) in [5.74, 6) is -1.16.